The van der Waals surface area contributed by atoms with Gasteiger partial charge in [0.2, 0.25) is 0 Å². The summed E-state index contributed by atoms with van der Waals surface area (Å²) in [5.74, 6) is 2.24. The molecule has 90 valence electrons. The van der Waals surface area contributed by atoms with Crippen LogP contribution in [0.15, 0.2) is 24.3 Å². The minimum Gasteiger partial charge on any atom is -0.323 e. The third-order valence-corrected chi connectivity index (χ3v) is 3.88. The van der Waals surface area contributed by atoms with E-state index in [0.29, 0.717) is 0 Å². The lowest BCUT2D eigenvalue weighted by molar-refractivity contribution is 0.827. The number of thioether (sulfide) groups is 1. The summed E-state index contributed by atoms with van der Waals surface area (Å²) in [7, 11) is 0. The lowest BCUT2D eigenvalue weighted by atomic mass is 10.0. The molecule has 0 spiro atoms. The molecule has 0 amide bonds. The summed E-state index contributed by atoms with van der Waals surface area (Å²) < 4.78 is 0. The highest BCUT2D eigenvalue weighted by molar-refractivity contribution is 7.99. The Balaban J connectivity index is 2.46. The molecule has 0 aliphatic rings. The van der Waals surface area contributed by atoms with E-state index in [1.807, 2.05) is 11.8 Å². The summed E-state index contributed by atoms with van der Waals surface area (Å²) >= 11 is 1.95. The second-order valence-corrected chi connectivity index (χ2v) is 5.32. The van der Waals surface area contributed by atoms with Gasteiger partial charge in [-0.2, -0.15) is 11.8 Å². The Morgan fingerprint density at radius 1 is 1.12 bits per heavy atom. The molecule has 1 aromatic carbocycles. The zero-order valence-electron chi connectivity index (χ0n) is 10.4. The zero-order valence-corrected chi connectivity index (χ0v) is 11.2. The molecule has 0 aromatic heterocycles. The van der Waals surface area contributed by atoms with Gasteiger partial charge < -0.3 is 5.73 Å². The van der Waals surface area contributed by atoms with Gasteiger partial charge in [0, 0.05) is 11.8 Å². The van der Waals surface area contributed by atoms with Crippen LogP contribution in [0.2, 0.25) is 0 Å². The van der Waals surface area contributed by atoms with Crippen LogP contribution in [0.25, 0.3) is 0 Å². The first kappa shape index (κ1) is 13.6. The molecule has 0 radical (unpaired) electrons. The number of hydrogen-bond donors (Lipinski definition) is 1. The van der Waals surface area contributed by atoms with Crippen molar-refractivity contribution in [2.24, 2.45) is 5.73 Å². The van der Waals surface area contributed by atoms with Crippen molar-refractivity contribution in [3.8, 4) is 0 Å². The fourth-order valence-corrected chi connectivity index (χ4v) is 2.57. The fourth-order valence-electron chi connectivity index (χ4n) is 1.67. The first-order valence-corrected chi connectivity index (χ1v) is 7.35. The van der Waals surface area contributed by atoms with Gasteiger partial charge in [-0.15, -0.1) is 0 Å². The predicted molar refractivity (Wildman–Crippen MR) is 75.0 cm³/mol. The van der Waals surface area contributed by atoms with Gasteiger partial charge in [0.25, 0.3) is 0 Å². The van der Waals surface area contributed by atoms with E-state index in [0.717, 1.165) is 5.75 Å². The third kappa shape index (κ3) is 4.58. The van der Waals surface area contributed by atoms with E-state index in [4.69, 9.17) is 5.73 Å². The van der Waals surface area contributed by atoms with Crippen molar-refractivity contribution in [3.05, 3.63) is 35.4 Å². The molecule has 0 aliphatic heterocycles. The van der Waals surface area contributed by atoms with Gasteiger partial charge >= 0.3 is 0 Å². The van der Waals surface area contributed by atoms with Crippen molar-refractivity contribution in [1.29, 1.82) is 0 Å². The maximum Gasteiger partial charge on any atom is 0.0386 e. The van der Waals surface area contributed by atoms with Crippen molar-refractivity contribution < 1.29 is 0 Å². The van der Waals surface area contributed by atoms with Crippen molar-refractivity contribution >= 4 is 11.8 Å². The van der Waals surface area contributed by atoms with Crippen LogP contribution in [0, 0.1) is 0 Å². The smallest absolute Gasteiger partial charge is 0.0386 e. The highest BCUT2D eigenvalue weighted by Gasteiger charge is 2.05. The second kappa shape index (κ2) is 7.75. The van der Waals surface area contributed by atoms with E-state index in [9.17, 15) is 0 Å². The Hall–Kier alpha value is -0.470. The van der Waals surface area contributed by atoms with E-state index in [1.165, 1.54) is 36.1 Å². The van der Waals surface area contributed by atoms with Crippen LogP contribution in [0.3, 0.4) is 0 Å². The van der Waals surface area contributed by atoms with Gasteiger partial charge in [-0.25, -0.2) is 0 Å². The number of rotatable bonds is 7. The summed E-state index contributed by atoms with van der Waals surface area (Å²) in [6.07, 6.45) is 3.60. The third-order valence-electron chi connectivity index (χ3n) is 2.59. The quantitative estimate of drug-likeness (QED) is 0.730. The monoisotopic (exact) mass is 237 g/mol. The summed E-state index contributed by atoms with van der Waals surface area (Å²) in [6.45, 7) is 4.42. The predicted octanol–water partition coefficient (Wildman–Crippen LogP) is 3.78. The van der Waals surface area contributed by atoms with E-state index < -0.39 is 0 Å². The maximum absolute atomic E-state index is 6.14. The topological polar surface area (TPSA) is 26.0 Å². The molecule has 0 heterocycles. The molecule has 2 N–H and O–H groups in total. The fraction of sp³-hybridized carbons (Fsp3) is 0.571. The van der Waals surface area contributed by atoms with Crippen LogP contribution < -0.4 is 5.73 Å². The molecular weight excluding hydrogens is 214 g/mol. The molecule has 1 aromatic rings. The number of benzene rings is 1. The first-order valence-electron chi connectivity index (χ1n) is 6.20. The average molecular weight is 237 g/mol. The lowest BCUT2D eigenvalue weighted by Gasteiger charge is -2.12. The molecule has 0 saturated heterocycles. The van der Waals surface area contributed by atoms with E-state index >= 15 is 0 Å². The van der Waals surface area contributed by atoms with Gasteiger partial charge in [0.1, 0.15) is 0 Å². The summed E-state index contributed by atoms with van der Waals surface area (Å²) in [4.78, 5) is 0. The van der Waals surface area contributed by atoms with Crippen LogP contribution in [-0.2, 0) is 6.42 Å². The highest BCUT2D eigenvalue weighted by atomic mass is 32.2. The molecule has 16 heavy (non-hydrogen) atoms. The Bertz CT molecular complexity index is 281. The van der Waals surface area contributed by atoms with Crippen LogP contribution in [0.1, 0.15) is 43.9 Å². The molecule has 2 heteroatoms. The molecule has 1 nitrogen and oxygen atoms in total. The largest absolute Gasteiger partial charge is 0.323 e. The van der Waals surface area contributed by atoms with Crippen molar-refractivity contribution in [1.82, 2.24) is 0 Å². The zero-order chi connectivity index (χ0) is 11.8. The molecular formula is C14H23NS. The van der Waals surface area contributed by atoms with Crippen LogP contribution in [0.4, 0.5) is 0 Å². The Morgan fingerprint density at radius 2 is 1.81 bits per heavy atom. The molecule has 0 bridgehead atoms. The van der Waals surface area contributed by atoms with Gasteiger partial charge in [0.05, 0.1) is 0 Å². The second-order valence-electron chi connectivity index (χ2n) is 4.17. The number of hydrogen-bond acceptors (Lipinski definition) is 2. The van der Waals surface area contributed by atoms with Crippen LogP contribution in [0.5, 0.6) is 0 Å². The number of nitrogens with two attached hydrogens (primary N) is 1. The normalized spacial score (nSPS) is 12.7. The molecule has 0 aliphatic carbocycles. The molecule has 0 saturated carbocycles. The highest BCUT2D eigenvalue weighted by Crippen LogP contribution is 2.17. The summed E-state index contributed by atoms with van der Waals surface area (Å²) in [5, 5.41) is 0. The van der Waals surface area contributed by atoms with Gasteiger partial charge in [-0.05, 0) is 29.7 Å². The molecule has 1 unspecified atom stereocenters. The Kier molecular flexibility index (Phi) is 6.58. The minimum atomic E-state index is 0.187. The van der Waals surface area contributed by atoms with Crippen molar-refractivity contribution in [3.63, 3.8) is 0 Å². The minimum absolute atomic E-state index is 0.187. The molecule has 0 fully saturated rings. The lowest BCUT2D eigenvalue weighted by Crippen LogP contribution is -2.13. The van der Waals surface area contributed by atoms with Gasteiger partial charge in [-0.3, -0.25) is 0 Å². The Morgan fingerprint density at radius 3 is 2.38 bits per heavy atom. The van der Waals surface area contributed by atoms with Crippen LogP contribution in [-0.4, -0.2) is 11.5 Å². The van der Waals surface area contributed by atoms with Crippen molar-refractivity contribution in [2.45, 2.75) is 39.2 Å². The van der Waals surface area contributed by atoms with Gasteiger partial charge in [0.15, 0.2) is 0 Å². The molecule has 1 rings (SSSR count). The number of aryl methyl sites for hydroxylation is 1. The van der Waals surface area contributed by atoms with E-state index in [2.05, 4.69) is 38.1 Å². The maximum atomic E-state index is 6.14. The molecule has 1 atom stereocenters. The SMILES string of the molecule is CCCSCC(N)c1ccc(CCC)cc1. The van der Waals surface area contributed by atoms with Crippen LogP contribution >= 0.6 is 11.8 Å². The van der Waals surface area contributed by atoms with Gasteiger partial charge in [-0.1, -0.05) is 44.5 Å². The van der Waals surface area contributed by atoms with Crippen molar-refractivity contribution in [2.75, 3.05) is 11.5 Å². The average Bonchev–Trinajstić information content (AvgIpc) is 2.30. The van der Waals surface area contributed by atoms with E-state index in [-0.39, 0.29) is 6.04 Å². The first-order chi connectivity index (χ1) is 7.77. The summed E-state index contributed by atoms with van der Waals surface area (Å²) in [5.41, 5.74) is 8.82. The summed E-state index contributed by atoms with van der Waals surface area (Å²) in [6, 6.07) is 8.98. The van der Waals surface area contributed by atoms with E-state index in [1.54, 1.807) is 0 Å². The Labute approximate surface area is 104 Å². The standard InChI is InChI=1S/C14H23NS/c1-3-5-12-6-8-13(9-7-12)14(15)11-16-10-4-2/h6-9,14H,3-5,10-11,15H2,1-2H3.